The molecule has 2 rings (SSSR count). The molecule has 0 amide bonds. The Balaban J connectivity index is 2.52. The van der Waals surface area contributed by atoms with Gasteiger partial charge in [-0.05, 0) is 32.2 Å². The van der Waals surface area contributed by atoms with E-state index < -0.39 is 11.9 Å². The highest BCUT2D eigenvalue weighted by Crippen LogP contribution is 2.28. The van der Waals surface area contributed by atoms with E-state index in [1.165, 1.54) is 12.1 Å². The number of aryl methyl sites for hydroxylation is 1. The van der Waals surface area contributed by atoms with Gasteiger partial charge in [0.05, 0.1) is 6.04 Å². The van der Waals surface area contributed by atoms with E-state index in [1.807, 2.05) is 6.92 Å². The van der Waals surface area contributed by atoms with Gasteiger partial charge in [0.15, 0.2) is 0 Å². The molecule has 1 nitrogen and oxygen atoms in total. The number of nitrogens with one attached hydrogen (secondary N) is 1. The Morgan fingerprint density at radius 2 is 1.74 bits per heavy atom. The molecule has 1 N–H and O–H groups in total. The SMILES string of the molecule is CNC(c1ccc(Cl)cc1F)c1cc(C)ccc1F. The minimum absolute atomic E-state index is 0.320. The van der Waals surface area contributed by atoms with Crippen LogP contribution in [0.25, 0.3) is 0 Å². The molecule has 100 valence electrons. The van der Waals surface area contributed by atoms with Gasteiger partial charge >= 0.3 is 0 Å². The molecule has 0 aromatic heterocycles. The van der Waals surface area contributed by atoms with Crippen LogP contribution in [0.2, 0.25) is 5.02 Å². The van der Waals surface area contributed by atoms with Crippen LogP contribution in [0, 0.1) is 18.6 Å². The standard InChI is InChI=1S/C15H14ClF2N/c1-9-3-6-13(17)12(7-9)15(19-2)11-5-4-10(16)8-14(11)18/h3-8,15,19H,1-2H3. The van der Waals surface area contributed by atoms with Gasteiger partial charge < -0.3 is 5.32 Å². The number of rotatable bonds is 3. The molecule has 0 fully saturated rings. The second kappa shape index (κ2) is 5.68. The lowest BCUT2D eigenvalue weighted by molar-refractivity contribution is 0.546. The summed E-state index contributed by atoms with van der Waals surface area (Å²) in [6.07, 6.45) is 0. The average Bonchev–Trinajstić information content (AvgIpc) is 2.36. The van der Waals surface area contributed by atoms with E-state index in [9.17, 15) is 8.78 Å². The summed E-state index contributed by atoms with van der Waals surface area (Å²) in [7, 11) is 1.67. The third kappa shape index (κ3) is 2.94. The maximum absolute atomic E-state index is 14.0. The fourth-order valence-corrected chi connectivity index (χ4v) is 2.26. The molecule has 0 saturated carbocycles. The van der Waals surface area contributed by atoms with Crippen molar-refractivity contribution in [3.63, 3.8) is 0 Å². The smallest absolute Gasteiger partial charge is 0.129 e. The molecule has 0 radical (unpaired) electrons. The lowest BCUT2D eigenvalue weighted by Crippen LogP contribution is -2.20. The number of halogens is 3. The van der Waals surface area contributed by atoms with Crippen LogP contribution in [-0.4, -0.2) is 7.05 Å². The van der Waals surface area contributed by atoms with E-state index in [-0.39, 0.29) is 5.82 Å². The number of hydrogen-bond donors (Lipinski definition) is 1. The van der Waals surface area contributed by atoms with Crippen molar-refractivity contribution in [3.05, 3.63) is 69.7 Å². The first-order chi connectivity index (χ1) is 9.02. The quantitative estimate of drug-likeness (QED) is 0.887. The van der Waals surface area contributed by atoms with Gasteiger partial charge in [-0.1, -0.05) is 35.4 Å². The zero-order valence-corrected chi connectivity index (χ0v) is 11.4. The second-order valence-electron chi connectivity index (χ2n) is 4.41. The Labute approximate surface area is 116 Å². The van der Waals surface area contributed by atoms with Crippen molar-refractivity contribution in [1.29, 1.82) is 0 Å². The van der Waals surface area contributed by atoms with Crippen LogP contribution >= 0.6 is 11.6 Å². The highest BCUT2D eigenvalue weighted by molar-refractivity contribution is 6.30. The summed E-state index contributed by atoms with van der Waals surface area (Å²) >= 11 is 5.73. The van der Waals surface area contributed by atoms with Crippen LogP contribution in [0.3, 0.4) is 0 Å². The zero-order valence-electron chi connectivity index (χ0n) is 10.7. The van der Waals surface area contributed by atoms with Gasteiger partial charge in [0.25, 0.3) is 0 Å². The summed E-state index contributed by atoms with van der Waals surface area (Å²) in [5.41, 5.74) is 1.71. The Hall–Kier alpha value is -1.45. The van der Waals surface area contributed by atoms with E-state index in [1.54, 1.807) is 31.3 Å². The van der Waals surface area contributed by atoms with Gasteiger partial charge in [0, 0.05) is 16.1 Å². The Bertz CT molecular complexity index is 599. The van der Waals surface area contributed by atoms with Crippen LogP contribution in [-0.2, 0) is 0 Å². The fraction of sp³-hybridized carbons (Fsp3) is 0.200. The van der Waals surface area contributed by atoms with Gasteiger partial charge in [-0.2, -0.15) is 0 Å². The largest absolute Gasteiger partial charge is 0.309 e. The van der Waals surface area contributed by atoms with Crippen molar-refractivity contribution in [2.45, 2.75) is 13.0 Å². The minimum atomic E-state index is -0.544. The number of benzene rings is 2. The lowest BCUT2D eigenvalue weighted by atomic mass is 9.96. The highest BCUT2D eigenvalue weighted by atomic mass is 35.5. The molecule has 4 heteroatoms. The first kappa shape index (κ1) is 14.0. The molecule has 1 unspecified atom stereocenters. The predicted octanol–water partition coefficient (Wildman–Crippen LogP) is 4.24. The number of hydrogen-bond acceptors (Lipinski definition) is 1. The summed E-state index contributed by atoms with van der Waals surface area (Å²) in [5, 5.41) is 3.26. The van der Waals surface area contributed by atoms with Gasteiger partial charge in [-0.15, -0.1) is 0 Å². The first-order valence-electron chi connectivity index (χ1n) is 5.91. The zero-order chi connectivity index (χ0) is 14.0. The summed E-state index contributed by atoms with van der Waals surface area (Å²) in [6.45, 7) is 1.87. The van der Waals surface area contributed by atoms with Crippen molar-refractivity contribution in [2.75, 3.05) is 7.05 Å². The van der Waals surface area contributed by atoms with Crippen molar-refractivity contribution in [3.8, 4) is 0 Å². The van der Waals surface area contributed by atoms with E-state index in [0.29, 0.717) is 16.1 Å². The first-order valence-corrected chi connectivity index (χ1v) is 6.29. The molecule has 1 atom stereocenters. The average molecular weight is 282 g/mol. The molecule has 0 saturated heterocycles. The van der Waals surface area contributed by atoms with Crippen molar-refractivity contribution in [1.82, 2.24) is 5.32 Å². The third-order valence-corrected chi connectivity index (χ3v) is 3.26. The third-order valence-electron chi connectivity index (χ3n) is 3.02. The van der Waals surface area contributed by atoms with Crippen molar-refractivity contribution >= 4 is 11.6 Å². The summed E-state index contributed by atoms with van der Waals surface area (Å²) in [5.74, 6) is -0.813. The molecule has 0 aliphatic carbocycles. The molecule has 0 aliphatic rings. The molecule has 19 heavy (non-hydrogen) atoms. The van der Waals surface area contributed by atoms with E-state index in [2.05, 4.69) is 5.32 Å². The van der Waals surface area contributed by atoms with Crippen LogP contribution < -0.4 is 5.32 Å². The summed E-state index contributed by atoms with van der Waals surface area (Å²) in [4.78, 5) is 0. The van der Waals surface area contributed by atoms with E-state index in [0.717, 1.165) is 5.56 Å². The monoisotopic (exact) mass is 281 g/mol. The summed E-state index contributed by atoms with van der Waals surface area (Å²) in [6, 6.07) is 8.64. The van der Waals surface area contributed by atoms with Crippen LogP contribution in [0.1, 0.15) is 22.7 Å². The maximum atomic E-state index is 14.0. The molecule has 0 bridgehead atoms. The van der Waals surface area contributed by atoms with E-state index in [4.69, 9.17) is 11.6 Å². The topological polar surface area (TPSA) is 12.0 Å². The van der Waals surface area contributed by atoms with Crippen LogP contribution in [0.5, 0.6) is 0 Å². The molecule has 2 aromatic carbocycles. The van der Waals surface area contributed by atoms with Crippen molar-refractivity contribution < 1.29 is 8.78 Å². The second-order valence-corrected chi connectivity index (χ2v) is 4.85. The minimum Gasteiger partial charge on any atom is -0.309 e. The fourth-order valence-electron chi connectivity index (χ4n) is 2.10. The van der Waals surface area contributed by atoms with Crippen LogP contribution in [0.4, 0.5) is 8.78 Å². The normalized spacial score (nSPS) is 12.5. The van der Waals surface area contributed by atoms with Gasteiger partial charge in [0.2, 0.25) is 0 Å². The maximum Gasteiger partial charge on any atom is 0.129 e. The van der Waals surface area contributed by atoms with Gasteiger partial charge in [-0.3, -0.25) is 0 Å². The predicted molar refractivity (Wildman–Crippen MR) is 73.4 cm³/mol. The molecule has 0 aliphatic heterocycles. The molecule has 2 aromatic rings. The molecular weight excluding hydrogens is 268 g/mol. The van der Waals surface area contributed by atoms with Crippen molar-refractivity contribution in [2.24, 2.45) is 0 Å². The van der Waals surface area contributed by atoms with Gasteiger partial charge in [0.1, 0.15) is 11.6 Å². The Morgan fingerprint density at radius 1 is 1.00 bits per heavy atom. The highest BCUT2D eigenvalue weighted by Gasteiger charge is 2.19. The van der Waals surface area contributed by atoms with Gasteiger partial charge in [-0.25, -0.2) is 8.78 Å². The van der Waals surface area contributed by atoms with E-state index >= 15 is 0 Å². The van der Waals surface area contributed by atoms with Crippen LogP contribution in [0.15, 0.2) is 36.4 Å². The molecular formula is C15H14ClF2N. The Morgan fingerprint density at radius 3 is 2.37 bits per heavy atom. The molecule has 0 spiro atoms. The lowest BCUT2D eigenvalue weighted by Gasteiger charge is -2.19. The molecule has 0 heterocycles. The Kier molecular flexibility index (Phi) is 4.17. The summed E-state index contributed by atoms with van der Waals surface area (Å²) < 4.78 is 27.9.